The van der Waals surface area contributed by atoms with Crippen LogP contribution in [0, 0.1) is 0 Å². The topological polar surface area (TPSA) is 40.6 Å². The maximum atomic E-state index is 12.2. The number of allylic oxidation sites excluding steroid dienone is 2. The molecule has 2 aromatic carbocycles. The summed E-state index contributed by atoms with van der Waals surface area (Å²) in [6.45, 7) is 5.00. The summed E-state index contributed by atoms with van der Waals surface area (Å²) in [5, 5.41) is 1.93. The fourth-order valence-electron chi connectivity index (χ4n) is 3.55. The van der Waals surface area contributed by atoms with Crippen LogP contribution in [0.5, 0.6) is 0 Å². The third-order valence-corrected chi connectivity index (χ3v) is 7.10. The molecule has 3 rings (SSSR count). The monoisotopic (exact) mass is 574 g/mol. The average Bonchev–Trinajstić information content (AvgIpc) is 2.83. The zero-order valence-electron chi connectivity index (χ0n) is 19.1. The van der Waals surface area contributed by atoms with Crippen LogP contribution in [0.25, 0.3) is 12.2 Å². The van der Waals surface area contributed by atoms with E-state index in [1.165, 1.54) is 0 Å². The Labute approximate surface area is 232 Å². The van der Waals surface area contributed by atoms with Crippen molar-refractivity contribution in [2.45, 2.75) is 12.8 Å². The summed E-state index contributed by atoms with van der Waals surface area (Å²) in [5.74, 6) is 0.153. The van der Waals surface area contributed by atoms with Crippen molar-refractivity contribution in [3.63, 3.8) is 0 Å². The van der Waals surface area contributed by atoms with Crippen LogP contribution in [0.15, 0.2) is 48.6 Å². The fourth-order valence-corrected chi connectivity index (χ4v) is 4.16. The highest BCUT2D eigenvalue weighted by Gasteiger charge is 2.17. The predicted octanol–water partition coefficient (Wildman–Crippen LogP) is 6.98. The summed E-state index contributed by atoms with van der Waals surface area (Å²) in [6.07, 6.45) is 7.64. The van der Waals surface area contributed by atoms with Crippen LogP contribution in [-0.4, -0.2) is 60.6 Å². The lowest BCUT2D eigenvalue weighted by atomic mass is 10.1. The molecule has 1 saturated heterocycles. The molecule has 0 aromatic heterocycles. The zero-order chi connectivity index (χ0) is 24.5. The predicted molar refractivity (Wildman–Crippen MR) is 150 cm³/mol. The number of halogens is 5. The molecule has 2 aromatic rings. The molecule has 0 saturated carbocycles. The van der Waals surface area contributed by atoms with Crippen molar-refractivity contribution in [3.8, 4) is 0 Å². The van der Waals surface area contributed by atoms with Gasteiger partial charge in [-0.25, -0.2) is 0 Å². The minimum atomic E-state index is 0. The van der Waals surface area contributed by atoms with Crippen LogP contribution in [0.3, 0.4) is 0 Å². The molecule has 188 valence electrons. The number of nitrogens with zero attached hydrogens (tertiary/aromatic N) is 2. The molecule has 0 amide bonds. The number of piperazine rings is 1. The number of rotatable bonds is 10. The van der Waals surface area contributed by atoms with Crippen molar-refractivity contribution in [2.24, 2.45) is 0 Å². The van der Waals surface area contributed by atoms with Crippen molar-refractivity contribution in [1.29, 1.82) is 0 Å². The Morgan fingerprint density at radius 3 is 1.37 bits per heavy atom. The molecule has 0 spiro atoms. The van der Waals surface area contributed by atoms with Crippen molar-refractivity contribution in [3.05, 3.63) is 79.8 Å². The lowest BCUT2D eigenvalue weighted by Gasteiger charge is -2.34. The zero-order valence-corrected chi connectivity index (χ0v) is 22.9. The third-order valence-electron chi connectivity index (χ3n) is 5.62. The number of carbonyl (C=O) groups excluding carboxylic acids is 2. The van der Waals surface area contributed by atoms with Crippen LogP contribution in [0.1, 0.15) is 24.0 Å². The molecule has 0 radical (unpaired) electrons. The Kier molecular flexibility index (Phi) is 12.8. The highest BCUT2D eigenvalue weighted by molar-refractivity contribution is 6.42. The van der Waals surface area contributed by atoms with Crippen LogP contribution in [0.4, 0.5) is 0 Å². The Bertz CT molecular complexity index is 994. The van der Waals surface area contributed by atoms with Crippen molar-refractivity contribution in [2.75, 3.05) is 39.3 Å². The smallest absolute Gasteiger partial charge is 0.156 e. The summed E-state index contributed by atoms with van der Waals surface area (Å²) in [4.78, 5) is 29.0. The summed E-state index contributed by atoms with van der Waals surface area (Å²) < 4.78 is 0. The standard InChI is InChI=1S/C26H26Cl4N2O2.ClH/c27-23-7-3-19(17-25(23)29)1-5-21(33)9-11-31-13-15-32(16-14-31)12-10-22(34)6-2-20-4-8-24(28)26(30)18-20;/h1-8,17-18H,9-16H2;1H. The fraction of sp³-hybridized carbons (Fsp3) is 0.308. The minimum Gasteiger partial charge on any atom is -0.300 e. The molecule has 0 aliphatic carbocycles. The van der Waals surface area contributed by atoms with E-state index in [4.69, 9.17) is 46.4 Å². The second-order valence-electron chi connectivity index (χ2n) is 8.13. The lowest BCUT2D eigenvalue weighted by Crippen LogP contribution is -2.47. The molecule has 1 aliphatic rings. The molecule has 0 N–H and O–H groups in total. The van der Waals surface area contributed by atoms with Gasteiger partial charge in [-0.2, -0.15) is 0 Å². The largest absolute Gasteiger partial charge is 0.300 e. The quantitative estimate of drug-likeness (QED) is 0.286. The van der Waals surface area contributed by atoms with Crippen LogP contribution < -0.4 is 0 Å². The SMILES string of the molecule is Cl.O=C(C=Cc1ccc(Cl)c(Cl)c1)CCN1CCN(CCC(=O)C=Cc2ccc(Cl)c(Cl)c2)CC1. The van der Waals surface area contributed by atoms with Gasteiger partial charge >= 0.3 is 0 Å². The number of hydrogen-bond donors (Lipinski definition) is 0. The van der Waals surface area contributed by atoms with Gasteiger partial charge in [-0.05, 0) is 47.5 Å². The Morgan fingerprint density at radius 1 is 0.657 bits per heavy atom. The molecule has 0 bridgehead atoms. The highest BCUT2D eigenvalue weighted by Crippen LogP contribution is 2.24. The van der Waals surface area contributed by atoms with E-state index in [9.17, 15) is 9.59 Å². The van der Waals surface area contributed by atoms with E-state index in [2.05, 4.69) is 9.80 Å². The van der Waals surface area contributed by atoms with Crippen molar-refractivity contribution in [1.82, 2.24) is 9.80 Å². The molecule has 0 atom stereocenters. The van der Waals surface area contributed by atoms with Gasteiger partial charge in [-0.3, -0.25) is 9.59 Å². The van der Waals surface area contributed by atoms with Gasteiger partial charge in [-0.15, -0.1) is 12.4 Å². The number of hydrogen-bond acceptors (Lipinski definition) is 4. The number of carbonyl (C=O) groups is 2. The first-order valence-corrected chi connectivity index (χ1v) is 12.6. The van der Waals surface area contributed by atoms with E-state index < -0.39 is 0 Å². The van der Waals surface area contributed by atoms with E-state index in [0.717, 1.165) is 50.4 Å². The van der Waals surface area contributed by atoms with E-state index >= 15 is 0 Å². The molecule has 1 aliphatic heterocycles. The summed E-state index contributed by atoms with van der Waals surface area (Å²) >= 11 is 23.8. The highest BCUT2D eigenvalue weighted by atomic mass is 35.5. The molecule has 9 heteroatoms. The average molecular weight is 577 g/mol. The first-order valence-electron chi connectivity index (χ1n) is 11.1. The van der Waals surface area contributed by atoms with E-state index in [1.807, 2.05) is 12.1 Å². The van der Waals surface area contributed by atoms with Crippen molar-refractivity contribution < 1.29 is 9.59 Å². The molecule has 1 fully saturated rings. The molecular formula is C26H27Cl5N2O2. The van der Waals surface area contributed by atoms with E-state index in [0.29, 0.717) is 32.9 Å². The van der Waals surface area contributed by atoms with E-state index in [-0.39, 0.29) is 24.0 Å². The molecule has 1 heterocycles. The Hall–Kier alpha value is -1.37. The first kappa shape index (κ1) is 29.9. The van der Waals surface area contributed by atoms with Crippen LogP contribution >= 0.6 is 58.8 Å². The summed E-state index contributed by atoms with van der Waals surface area (Å²) in [7, 11) is 0. The summed E-state index contributed by atoms with van der Waals surface area (Å²) in [6, 6.07) is 10.6. The number of benzene rings is 2. The molecule has 0 unspecified atom stereocenters. The van der Waals surface area contributed by atoms with E-state index in [1.54, 1.807) is 48.6 Å². The van der Waals surface area contributed by atoms with Crippen LogP contribution in [0.2, 0.25) is 20.1 Å². The van der Waals surface area contributed by atoms with Crippen molar-refractivity contribution >= 4 is 82.5 Å². The molecule has 35 heavy (non-hydrogen) atoms. The Balaban J connectivity index is 0.00000432. The van der Waals surface area contributed by atoms with Gasteiger partial charge < -0.3 is 9.80 Å². The molecule has 4 nitrogen and oxygen atoms in total. The van der Waals surface area contributed by atoms with Gasteiger partial charge in [0.25, 0.3) is 0 Å². The van der Waals surface area contributed by atoms with Gasteiger partial charge in [-0.1, -0.05) is 70.7 Å². The van der Waals surface area contributed by atoms with Gasteiger partial charge in [0.05, 0.1) is 20.1 Å². The minimum absolute atomic E-state index is 0. The Morgan fingerprint density at radius 2 is 1.03 bits per heavy atom. The summed E-state index contributed by atoms with van der Waals surface area (Å²) in [5.41, 5.74) is 1.69. The third kappa shape index (κ3) is 10.3. The normalized spacial score (nSPS) is 15.0. The maximum absolute atomic E-state index is 12.2. The second kappa shape index (κ2) is 15.0. The first-order chi connectivity index (χ1) is 16.3. The molecular weight excluding hydrogens is 550 g/mol. The lowest BCUT2D eigenvalue weighted by molar-refractivity contribution is -0.116. The second-order valence-corrected chi connectivity index (χ2v) is 9.76. The van der Waals surface area contributed by atoms with Gasteiger partial charge in [0.1, 0.15) is 0 Å². The number of ketones is 2. The van der Waals surface area contributed by atoms with Crippen LogP contribution in [-0.2, 0) is 9.59 Å². The van der Waals surface area contributed by atoms with Gasteiger partial charge in [0, 0.05) is 52.1 Å². The maximum Gasteiger partial charge on any atom is 0.156 e. The van der Waals surface area contributed by atoms with Gasteiger partial charge in [0.15, 0.2) is 11.6 Å². The van der Waals surface area contributed by atoms with Gasteiger partial charge in [0.2, 0.25) is 0 Å².